The van der Waals surface area contributed by atoms with Gasteiger partial charge in [-0.15, -0.1) is 5.10 Å². The fourth-order valence-electron chi connectivity index (χ4n) is 2.05. The number of nitrogens with one attached hydrogen (secondary N) is 1. The summed E-state index contributed by atoms with van der Waals surface area (Å²) in [6, 6.07) is 10.7. The van der Waals surface area contributed by atoms with E-state index in [2.05, 4.69) is 20.8 Å². The summed E-state index contributed by atoms with van der Waals surface area (Å²) >= 11 is 12.9. The lowest BCUT2D eigenvalue weighted by Crippen LogP contribution is -2.15. The molecule has 0 spiro atoms. The number of aromatic nitrogens is 4. The van der Waals surface area contributed by atoms with Crippen LogP contribution in [0.2, 0.25) is 10.0 Å². The molecule has 1 amide bonds. The molecule has 1 N–H and O–H groups in total. The molecule has 0 radical (unpaired) electrons. The van der Waals surface area contributed by atoms with Gasteiger partial charge in [0.15, 0.2) is 0 Å². The Balaban J connectivity index is 1.67. The van der Waals surface area contributed by atoms with Crippen molar-refractivity contribution in [2.45, 2.75) is 5.16 Å². The molecular weight excluding hydrogens is 415 g/mol. The molecule has 3 aromatic rings. The Labute approximate surface area is 166 Å². The Morgan fingerprint density at radius 3 is 2.67 bits per heavy atom. The highest BCUT2D eigenvalue weighted by atomic mass is 35.5. The smallest absolute Gasteiger partial charge is 0.271 e. The van der Waals surface area contributed by atoms with E-state index in [9.17, 15) is 14.9 Å². The number of rotatable bonds is 6. The Morgan fingerprint density at radius 1 is 1.22 bits per heavy atom. The summed E-state index contributed by atoms with van der Waals surface area (Å²) in [7, 11) is 0. The number of benzene rings is 2. The van der Waals surface area contributed by atoms with Crippen molar-refractivity contribution in [3.63, 3.8) is 0 Å². The van der Waals surface area contributed by atoms with Gasteiger partial charge in [0.05, 0.1) is 27.1 Å². The maximum absolute atomic E-state index is 12.2. The van der Waals surface area contributed by atoms with Crippen LogP contribution in [-0.4, -0.2) is 36.8 Å². The summed E-state index contributed by atoms with van der Waals surface area (Å²) in [6.45, 7) is 0. The van der Waals surface area contributed by atoms with Crippen LogP contribution in [0.1, 0.15) is 0 Å². The Kier molecular flexibility index (Phi) is 5.89. The number of tetrazole rings is 1. The van der Waals surface area contributed by atoms with Gasteiger partial charge in [0.2, 0.25) is 11.1 Å². The fraction of sp³-hybridized carbons (Fsp3) is 0.0667. The third kappa shape index (κ3) is 4.73. The van der Waals surface area contributed by atoms with Crippen LogP contribution in [0, 0.1) is 10.1 Å². The summed E-state index contributed by atoms with van der Waals surface area (Å²) in [5.41, 5.74) is 0.678. The first-order chi connectivity index (χ1) is 12.9. The number of non-ortho nitro benzene ring substituents is 1. The van der Waals surface area contributed by atoms with Crippen LogP contribution in [-0.2, 0) is 4.79 Å². The number of hydrogen-bond donors (Lipinski definition) is 1. The Hall–Kier alpha value is -2.69. The van der Waals surface area contributed by atoms with Gasteiger partial charge in [-0.2, -0.15) is 4.68 Å². The summed E-state index contributed by atoms with van der Waals surface area (Å²) < 4.78 is 1.47. The molecule has 0 saturated heterocycles. The molecule has 2 aromatic carbocycles. The zero-order valence-corrected chi connectivity index (χ0v) is 15.7. The molecule has 0 aliphatic heterocycles. The number of hydrogen-bond acceptors (Lipinski definition) is 7. The topological polar surface area (TPSA) is 116 Å². The molecule has 1 aromatic heterocycles. The number of nitrogens with zero attached hydrogens (tertiary/aromatic N) is 5. The van der Waals surface area contributed by atoms with Gasteiger partial charge >= 0.3 is 0 Å². The van der Waals surface area contributed by atoms with Gasteiger partial charge < -0.3 is 5.32 Å². The molecule has 0 bridgehead atoms. The van der Waals surface area contributed by atoms with Crippen molar-refractivity contribution in [1.29, 1.82) is 0 Å². The molecule has 12 heteroatoms. The minimum atomic E-state index is -0.568. The molecular formula is C15H10Cl2N6O3S. The maximum Gasteiger partial charge on any atom is 0.271 e. The molecule has 138 valence electrons. The minimum Gasteiger partial charge on any atom is -0.324 e. The van der Waals surface area contributed by atoms with Crippen molar-refractivity contribution in [3.8, 4) is 5.69 Å². The number of thioether (sulfide) groups is 1. The largest absolute Gasteiger partial charge is 0.324 e. The average molecular weight is 425 g/mol. The molecule has 0 aliphatic rings. The highest BCUT2D eigenvalue weighted by molar-refractivity contribution is 7.99. The molecule has 27 heavy (non-hydrogen) atoms. The van der Waals surface area contributed by atoms with Crippen molar-refractivity contribution in [3.05, 3.63) is 62.6 Å². The predicted molar refractivity (Wildman–Crippen MR) is 102 cm³/mol. The van der Waals surface area contributed by atoms with Crippen LogP contribution < -0.4 is 5.32 Å². The van der Waals surface area contributed by atoms with Crippen molar-refractivity contribution in [2.24, 2.45) is 0 Å². The van der Waals surface area contributed by atoms with E-state index in [0.29, 0.717) is 15.9 Å². The number of halogens is 2. The first-order valence-corrected chi connectivity index (χ1v) is 9.09. The van der Waals surface area contributed by atoms with Gasteiger partial charge in [-0.1, -0.05) is 35.0 Å². The van der Waals surface area contributed by atoms with E-state index in [1.54, 1.807) is 24.3 Å². The van der Waals surface area contributed by atoms with E-state index in [0.717, 1.165) is 11.8 Å². The molecule has 0 fully saturated rings. The summed E-state index contributed by atoms with van der Waals surface area (Å²) in [6.07, 6.45) is 0. The van der Waals surface area contributed by atoms with Crippen molar-refractivity contribution < 1.29 is 9.72 Å². The van der Waals surface area contributed by atoms with Gasteiger partial charge in [-0.25, -0.2) is 0 Å². The molecule has 1 heterocycles. The molecule has 9 nitrogen and oxygen atoms in total. The highest BCUT2D eigenvalue weighted by Gasteiger charge is 2.15. The standard InChI is InChI=1S/C15H10Cl2N6O3S/c16-9-1-3-10(4-2-9)22-15(19-20-21-22)27-8-14(24)18-13-7-11(23(25)26)5-6-12(13)17/h1-7H,8H2,(H,18,24). The quantitative estimate of drug-likeness (QED) is 0.364. The Morgan fingerprint density at radius 2 is 1.96 bits per heavy atom. The monoisotopic (exact) mass is 424 g/mol. The van der Waals surface area contributed by atoms with Crippen molar-refractivity contribution in [2.75, 3.05) is 11.1 Å². The third-order valence-corrected chi connectivity index (χ3v) is 4.78. The van der Waals surface area contributed by atoms with Gasteiger partial charge in [-0.3, -0.25) is 14.9 Å². The second-order valence-corrected chi connectivity index (χ2v) is 6.89. The first-order valence-electron chi connectivity index (χ1n) is 7.35. The number of carbonyl (C=O) groups excluding carboxylic acids is 1. The van der Waals surface area contributed by atoms with E-state index in [1.807, 2.05) is 0 Å². The third-order valence-electron chi connectivity index (χ3n) is 3.28. The summed E-state index contributed by atoms with van der Waals surface area (Å²) in [5, 5.41) is 25.9. The van der Waals surface area contributed by atoms with Gasteiger partial charge in [0, 0.05) is 17.2 Å². The van der Waals surface area contributed by atoms with E-state index >= 15 is 0 Å². The number of nitro benzene ring substituents is 1. The summed E-state index contributed by atoms with van der Waals surface area (Å²) in [4.78, 5) is 22.4. The highest BCUT2D eigenvalue weighted by Crippen LogP contribution is 2.27. The van der Waals surface area contributed by atoms with Crippen LogP contribution >= 0.6 is 35.0 Å². The minimum absolute atomic E-state index is 0.0208. The van der Waals surface area contributed by atoms with Crippen LogP contribution in [0.25, 0.3) is 5.69 Å². The maximum atomic E-state index is 12.2. The second kappa shape index (κ2) is 8.33. The predicted octanol–water partition coefficient (Wildman–Crippen LogP) is 3.61. The summed E-state index contributed by atoms with van der Waals surface area (Å²) in [5.74, 6) is -0.430. The van der Waals surface area contributed by atoms with Crippen LogP contribution in [0.4, 0.5) is 11.4 Å². The van der Waals surface area contributed by atoms with E-state index < -0.39 is 10.8 Å². The van der Waals surface area contributed by atoms with Crippen molar-refractivity contribution in [1.82, 2.24) is 20.2 Å². The molecule has 0 unspecified atom stereocenters. The fourth-order valence-corrected chi connectivity index (χ4v) is 3.03. The van der Waals surface area contributed by atoms with E-state index in [-0.39, 0.29) is 22.2 Å². The molecule has 0 aliphatic carbocycles. The number of carbonyl (C=O) groups is 1. The van der Waals surface area contributed by atoms with Crippen LogP contribution in [0.3, 0.4) is 0 Å². The number of amides is 1. The van der Waals surface area contributed by atoms with Crippen LogP contribution in [0.5, 0.6) is 0 Å². The SMILES string of the molecule is O=C(CSc1nnnn1-c1ccc(Cl)cc1)Nc1cc([N+](=O)[O-])ccc1Cl. The molecule has 0 saturated carbocycles. The van der Waals surface area contributed by atoms with Crippen LogP contribution in [0.15, 0.2) is 47.6 Å². The van der Waals surface area contributed by atoms with Gasteiger partial charge in [0.1, 0.15) is 0 Å². The lowest BCUT2D eigenvalue weighted by molar-refractivity contribution is -0.384. The lowest BCUT2D eigenvalue weighted by Gasteiger charge is -2.07. The van der Waals surface area contributed by atoms with Crippen molar-refractivity contribution >= 4 is 52.2 Å². The van der Waals surface area contributed by atoms with Gasteiger partial charge in [-0.05, 0) is 40.8 Å². The van der Waals surface area contributed by atoms with E-state index in [1.165, 1.54) is 22.9 Å². The van der Waals surface area contributed by atoms with E-state index in [4.69, 9.17) is 23.2 Å². The first kappa shape index (κ1) is 19.1. The lowest BCUT2D eigenvalue weighted by atomic mass is 10.3. The zero-order chi connectivity index (χ0) is 19.4. The van der Waals surface area contributed by atoms with Gasteiger partial charge in [0.25, 0.3) is 5.69 Å². The molecule has 3 rings (SSSR count). The average Bonchev–Trinajstić information content (AvgIpc) is 3.11. The zero-order valence-electron chi connectivity index (χ0n) is 13.4. The second-order valence-electron chi connectivity index (χ2n) is 5.11. The molecule has 0 atom stereocenters. The normalized spacial score (nSPS) is 10.6. The number of nitro groups is 1. The Bertz CT molecular complexity index is 995. The number of anilines is 1.